The van der Waals surface area contributed by atoms with Gasteiger partial charge in [-0.25, -0.2) is 4.39 Å². The molecule has 2 aliphatic rings. The van der Waals surface area contributed by atoms with Gasteiger partial charge in [0, 0.05) is 38.6 Å². The number of benzene rings is 1. The fourth-order valence-corrected chi connectivity index (χ4v) is 3.88. The molecule has 1 aliphatic heterocycles. The van der Waals surface area contributed by atoms with Crippen molar-refractivity contribution in [3.63, 3.8) is 0 Å². The first-order valence-electron chi connectivity index (χ1n) is 9.01. The number of carbonyl (C=O) groups excluding carboxylic acids is 1. The van der Waals surface area contributed by atoms with E-state index in [0.29, 0.717) is 12.8 Å². The number of hydrogen-bond donors (Lipinski definition) is 0. The van der Waals surface area contributed by atoms with Gasteiger partial charge in [0.1, 0.15) is 0 Å². The van der Waals surface area contributed by atoms with Crippen LogP contribution in [-0.4, -0.2) is 55.0 Å². The topological polar surface area (TPSA) is 32.8 Å². The summed E-state index contributed by atoms with van der Waals surface area (Å²) < 4.78 is 18.6. The van der Waals surface area contributed by atoms with Crippen LogP contribution in [0, 0.1) is 5.82 Å². The average molecular weight is 334 g/mol. The van der Waals surface area contributed by atoms with Crippen molar-refractivity contribution >= 4 is 5.91 Å². The molecule has 0 spiro atoms. The molecule has 24 heavy (non-hydrogen) atoms. The Hall–Kier alpha value is -1.62. The first kappa shape index (κ1) is 17.2. The molecule has 3 rings (SSSR count). The van der Waals surface area contributed by atoms with Crippen LogP contribution in [0.2, 0.25) is 0 Å². The molecule has 4 nitrogen and oxygen atoms in total. The second-order valence-electron chi connectivity index (χ2n) is 6.82. The third-order valence-electron chi connectivity index (χ3n) is 5.35. The first-order chi connectivity index (χ1) is 11.7. The monoisotopic (exact) mass is 334 g/mol. The van der Waals surface area contributed by atoms with Crippen molar-refractivity contribution in [1.82, 2.24) is 9.80 Å². The summed E-state index contributed by atoms with van der Waals surface area (Å²) in [7, 11) is 1.45. The molecule has 5 heteroatoms. The van der Waals surface area contributed by atoms with Crippen LogP contribution in [0.15, 0.2) is 18.2 Å². The van der Waals surface area contributed by atoms with Gasteiger partial charge >= 0.3 is 0 Å². The van der Waals surface area contributed by atoms with Crippen molar-refractivity contribution in [3.8, 4) is 5.75 Å². The van der Waals surface area contributed by atoms with Crippen LogP contribution in [0.5, 0.6) is 5.75 Å². The lowest BCUT2D eigenvalue weighted by Crippen LogP contribution is -2.51. The van der Waals surface area contributed by atoms with E-state index in [1.54, 1.807) is 6.07 Å². The number of aryl methyl sites for hydroxylation is 1. The van der Waals surface area contributed by atoms with E-state index in [0.717, 1.165) is 37.8 Å². The Kier molecular flexibility index (Phi) is 5.72. The number of hydrogen-bond acceptors (Lipinski definition) is 3. The molecule has 1 aliphatic carbocycles. The molecule has 0 radical (unpaired) electrons. The molecule has 1 aromatic rings. The van der Waals surface area contributed by atoms with Crippen molar-refractivity contribution in [1.29, 1.82) is 0 Å². The third-order valence-corrected chi connectivity index (χ3v) is 5.35. The van der Waals surface area contributed by atoms with Crippen LogP contribution in [-0.2, 0) is 11.2 Å². The summed E-state index contributed by atoms with van der Waals surface area (Å²) in [6.45, 7) is 3.64. The Balaban J connectivity index is 1.45. The van der Waals surface area contributed by atoms with Crippen molar-refractivity contribution in [2.75, 3.05) is 33.3 Å². The van der Waals surface area contributed by atoms with Gasteiger partial charge < -0.3 is 9.64 Å². The minimum Gasteiger partial charge on any atom is -0.494 e. The summed E-state index contributed by atoms with van der Waals surface area (Å²) in [6, 6.07) is 5.65. The number of piperazine rings is 1. The maximum atomic E-state index is 13.7. The lowest BCUT2D eigenvalue weighted by atomic mass is 10.1. The van der Waals surface area contributed by atoms with Gasteiger partial charge in [-0.3, -0.25) is 9.69 Å². The van der Waals surface area contributed by atoms with Crippen molar-refractivity contribution < 1.29 is 13.9 Å². The SMILES string of the molecule is COc1ccc(CCC(=O)N2CCN(C3CCCC3)CC2)cc1F. The van der Waals surface area contributed by atoms with Crippen LogP contribution in [0.25, 0.3) is 0 Å². The zero-order valence-corrected chi connectivity index (χ0v) is 14.5. The molecule has 0 unspecified atom stereocenters. The smallest absolute Gasteiger partial charge is 0.222 e. The molecule has 1 saturated carbocycles. The van der Waals surface area contributed by atoms with Crippen LogP contribution in [0.4, 0.5) is 4.39 Å². The number of halogens is 1. The van der Waals surface area contributed by atoms with Crippen LogP contribution in [0.1, 0.15) is 37.7 Å². The second-order valence-corrected chi connectivity index (χ2v) is 6.82. The highest BCUT2D eigenvalue weighted by atomic mass is 19.1. The highest BCUT2D eigenvalue weighted by Gasteiger charge is 2.27. The standard InChI is InChI=1S/C19H27FN2O2/c1-24-18-8-6-15(14-17(18)20)7-9-19(23)22-12-10-21(11-13-22)16-4-2-3-5-16/h6,8,14,16H,2-5,7,9-13H2,1H3. The van der Waals surface area contributed by atoms with Gasteiger partial charge in [-0.1, -0.05) is 18.9 Å². The van der Waals surface area contributed by atoms with E-state index in [1.807, 2.05) is 11.0 Å². The van der Waals surface area contributed by atoms with Gasteiger partial charge in [0.2, 0.25) is 5.91 Å². The molecule has 1 amide bonds. The molecule has 0 atom stereocenters. The maximum absolute atomic E-state index is 13.7. The molecule has 2 fully saturated rings. The lowest BCUT2D eigenvalue weighted by Gasteiger charge is -2.38. The average Bonchev–Trinajstić information content (AvgIpc) is 3.14. The fourth-order valence-electron chi connectivity index (χ4n) is 3.88. The van der Waals surface area contributed by atoms with Crippen LogP contribution >= 0.6 is 0 Å². The van der Waals surface area contributed by atoms with Crippen LogP contribution in [0.3, 0.4) is 0 Å². The Bertz CT molecular complexity index is 564. The van der Waals surface area contributed by atoms with E-state index in [1.165, 1.54) is 38.9 Å². The van der Waals surface area contributed by atoms with Gasteiger partial charge in [0.05, 0.1) is 7.11 Å². The molecule has 0 aromatic heterocycles. The van der Waals surface area contributed by atoms with E-state index in [9.17, 15) is 9.18 Å². The van der Waals surface area contributed by atoms with Gasteiger partial charge in [-0.05, 0) is 37.0 Å². The Morgan fingerprint density at radius 3 is 2.54 bits per heavy atom. The summed E-state index contributed by atoms with van der Waals surface area (Å²) >= 11 is 0. The molecule has 1 saturated heterocycles. The normalized spacial score (nSPS) is 19.7. The van der Waals surface area contributed by atoms with Crippen molar-refractivity contribution in [2.45, 2.75) is 44.6 Å². The number of ether oxygens (including phenoxy) is 1. The molecular formula is C19H27FN2O2. The highest BCUT2D eigenvalue weighted by Crippen LogP contribution is 2.24. The summed E-state index contributed by atoms with van der Waals surface area (Å²) in [6.07, 6.45) is 6.34. The number of nitrogens with zero attached hydrogens (tertiary/aromatic N) is 2. The highest BCUT2D eigenvalue weighted by molar-refractivity contribution is 5.76. The van der Waals surface area contributed by atoms with Gasteiger partial charge in [0.25, 0.3) is 0 Å². The predicted molar refractivity (Wildman–Crippen MR) is 91.7 cm³/mol. The van der Waals surface area contributed by atoms with Crippen molar-refractivity contribution in [3.05, 3.63) is 29.6 Å². The zero-order valence-electron chi connectivity index (χ0n) is 14.5. The number of methoxy groups -OCH3 is 1. The number of rotatable bonds is 5. The molecule has 0 bridgehead atoms. The second kappa shape index (κ2) is 7.97. The Morgan fingerprint density at radius 1 is 1.21 bits per heavy atom. The van der Waals surface area contributed by atoms with Crippen molar-refractivity contribution in [2.24, 2.45) is 0 Å². The van der Waals surface area contributed by atoms with E-state index in [-0.39, 0.29) is 17.5 Å². The molecule has 1 heterocycles. The lowest BCUT2D eigenvalue weighted by molar-refractivity contribution is -0.133. The molecular weight excluding hydrogens is 307 g/mol. The van der Waals surface area contributed by atoms with E-state index < -0.39 is 0 Å². The Morgan fingerprint density at radius 2 is 1.92 bits per heavy atom. The predicted octanol–water partition coefficient (Wildman–Crippen LogP) is 2.85. The third kappa shape index (κ3) is 4.07. The van der Waals surface area contributed by atoms with Gasteiger partial charge in [-0.2, -0.15) is 0 Å². The summed E-state index contributed by atoms with van der Waals surface area (Å²) in [4.78, 5) is 16.9. The first-order valence-corrected chi connectivity index (χ1v) is 9.01. The largest absolute Gasteiger partial charge is 0.494 e. The minimum atomic E-state index is -0.368. The Labute approximate surface area is 143 Å². The van der Waals surface area contributed by atoms with Crippen LogP contribution < -0.4 is 4.74 Å². The number of amides is 1. The number of carbonyl (C=O) groups is 1. The van der Waals surface area contributed by atoms with Gasteiger partial charge in [-0.15, -0.1) is 0 Å². The summed E-state index contributed by atoms with van der Waals surface area (Å²) in [5.41, 5.74) is 0.839. The van der Waals surface area contributed by atoms with Gasteiger partial charge in [0.15, 0.2) is 11.6 Å². The zero-order chi connectivity index (χ0) is 16.9. The van der Waals surface area contributed by atoms with E-state index in [2.05, 4.69) is 4.90 Å². The van der Waals surface area contributed by atoms with E-state index in [4.69, 9.17) is 4.74 Å². The maximum Gasteiger partial charge on any atom is 0.222 e. The summed E-state index contributed by atoms with van der Waals surface area (Å²) in [5, 5.41) is 0. The quantitative estimate of drug-likeness (QED) is 0.830. The molecule has 132 valence electrons. The fraction of sp³-hybridized carbons (Fsp3) is 0.632. The summed E-state index contributed by atoms with van der Waals surface area (Å²) in [5.74, 6) is 0.0537. The minimum absolute atomic E-state index is 0.178. The van der Waals surface area contributed by atoms with E-state index >= 15 is 0 Å². The molecule has 1 aromatic carbocycles. The molecule has 0 N–H and O–H groups in total.